The van der Waals surface area contributed by atoms with Gasteiger partial charge in [-0.1, -0.05) is 243 Å². The molecule has 0 saturated carbocycles. The maximum Gasteiger partial charge on any atom is 3.00 e. The first-order chi connectivity index (χ1) is 30.7. The van der Waals surface area contributed by atoms with Gasteiger partial charge in [0, 0.05) is 33.5 Å². The van der Waals surface area contributed by atoms with Gasteiger partial charge in [-0.05, 0) is 74.1 Å². The Balaban J connectivity index is -0.0000000734. The summed E-state index contributed by atoms with van der Waals surface area (Å²) in [6, 6.07) is 88.3. The van der Waals surface area contributed by atoms with Crippen LogP contribution in [-0.2, 0) is 89.5 Å². The van der Waals surface area contributed by atoms with E-state index >= 15 is 0 Å². The van der Waals surface area contributed by atoms with E-state index in [4.69, 9.17) is 46.4 Å². The second-order valence-electron chi connectivity index (χ2n) is 12.9. The standard InChI is InChI=1S/2C25H22P2.2CH2Cl2.4Au.12BrH.Cl2/c2*1-5-13-22(14-6-1)26(23-15-7-2-8-16-23)21-27(24-17-9-3-10-18-24)25-19-11-4-12-20-25;2*2-1-3;;;;;;;;;;;;;;;;;1-2/h2*1-20H,21H2;2*1H2;;;;;12*1H;/q;;;;4*+3;;;;;;;;;;;;;/p-12. The minimum atomic E-state index is -0.409. The van der Waals surface area contributed by atoms with Gasteiger partial charge in [0.15, 0.2) is 0 Å². The fraction of sp³-hybridized carbons (Fsp3) is 0.0769. The Labute approximate surface area is 688 Å². The van der Waals surface area contributed by atoms with Crippen LogP contribution in [0, 0.1) is 0 Å². The van der Waals surface area contributed by atoms with E-state index in [1.54, 1.807) is 0 Å². The summed E-state index contributed by atoms with van der Waals surface area (Å²) in [5.74, 6) is 2.35. The van der Waals surface area contributed by atoms with Gasteiger partial charge in [-0.15, -0.1) is 46.4 Å². The summed E-state index contributed by atoms with van der Waals surface area (Å²) in [5.41, 5.74) is 0. The van der Waals surface area contributed by atoms with Crippen molar-refractivity contribution in [2.45, 2.75) is 0 Å². The molecule has 0 fully saturated rings. The Bertz CT molecular complexity index is 1850. The smallest absolute Gasteiger partial charge is 1.00 e. The average molecular weight is 2760 g/mol. The number of rotatable bonds is 12. The molecule has 0 bridgehead atoms. The van der Waals surface area contributed by atoms with Crippen molar-refractivity contribution in [2.75, 3.05) is 22.5 Å². The van der Waals surface area contributed by atoms with Crippen molar-refractivity contribution in [1.29, 1.82) is 0 Å². The van der Waals surface area contributed by atoms with Crippen LogP contribution in [0.25, 0.3) is 0 Å². The third kappa shape index (κ3) is 44.4. The van der Waals surface area contributed by atoms with E-state index in [0.717, 1.165) is 0 Å². The van der Waals surface area contributed by atoms with Crippen LogP contribution in [0.1, 0.15) is 0 Å². The van der Waals surface area contributed by atoms with Gasteiger partial charge in [-0.25, -0.2) is 0 Å². The number of hydrogen-bond donors (Lipinski definition) is 0. The van der Waals surface area contributed by atoms with Crippen LogP contribution in [0.15, 0.2) is 243 Å². The van der Waals surface area contributed by atoms with Crippen molar-refractivity contribution < 1.29 is 293 Å². The predicted octanol–water partition coefficient (Wildman–Crippen LogP) is -21.3. The maximum absolute atomic E-state index is 4.76. The van der Waals surface area contributed by atoms with Gasteiger partial charge in [0.2, 0.25) is 0 Å². The molecule has 0 heterocycles. The zero-order valence-corrected chi connectivity index (χ0v) is 75.5. The van der Waals surface area contributed by atoms with E-state index in [0.29, 0.717) is 0 Å². The molecule has 0 aromatic heterocycles. The largest absolute Gasteiger partial charge is 3.00 e. The summed E-state index contributed by atoms with van der Waals surface area (Å²) in [4.78, 5) is 0. The molecule has 0 saturated heterocycles. The number of benzene rings is 8. The third-order valence-electron chi connectivity index (χ3n) is 9.11. The normalized spacial score (nSPS) is 8.18. The molecule has 0 N–H and O–H groups in total. The Morgan fingerprint density at radius 3 is 0.346 bits per heavy atom. The molecule has 0 aliphatic carbocycles. The summed E-state index contributed by atoms with van der Waals surface area (Å²) < 4.78 is 0. The van der Waals surface area contributed by atoms with Gasteiger partial charge < -0.3 is 204 Å². The van der Waals surface area contributed by atoms with E-state index in [1.807, 2.05) is 0 Å². The van der Waals surface area contributed by atoms with E-state index < -0.39 is 31.7 Å². The van der Waals surface area contributed by atoms with E-state index in [2.05, 4.69) is 264 Å². The molecule has 26 heteroatoms. The first kappa shape index (κ1) is 115. The summed E-state index contributed by atoms with van der Waals surface area (Å²) in [6.45, 7) is 0. The van der Waals surface area contributed by atoms with Gasteiger partial charge in [-0.3, -0.25) is 0 Å². The molecule has 0 spiro atoms. The molecule has 78 heavy (non-hydrogen) atoms. The fourth-order valence-electron chi connectivity index (χ4n) is 6.40. The van der Waals surface area contributed by atoms with Crippen LogP contribution < -0.4 is 246 Å². The molecule has 8 aromatic carbocycles. The van der Waals surface area contributed by atoms with Crippen molar-refractivity contribution in [3.8, 4) is 0 Å². The summed E-state index contributed by atoms with van der Waals surface area (Å²) >= 11 is 19.1. The maximum atomic E-state index is 4.76. The molecule has 0 aliphatic heterocycles. The van der Waals surface area contributed by atoms with Crippen LogP contribution in [0.2, 0.25) is 0 Å². The molecule has 0 amide bonds. The molecular formula is C52H48Au4Br12Cl6P4. The van der Waals surface area contributed by atoms with Gasteiger partial charge in [-0.2, -0.15) is 0 Å². The second kappa shape index (κ2) is 75.4. The molecule has 8 aromatic rings. The van der Waals surface area contributed by atoms with E-state index in [9.17, 15) is 0 Å². The SMILES string of the molecule is ClCCl.ClCCl.ClCl.[Au+3].[Au+3].[Au+3].[Au+3].[Br-].[Br-].[Br-].[Br-].[Br-].[Br-].[Br-].[Br-].[Br-].[Br-].[Br-].[Br-].c1ccc(P(CP(c2ccccc2)c2ccccc2)c2ccccc2)cc1.c1ccc(P(CP(c2ccccc2)c2ccccc2)c2ccccc2)cc1. The van der Waals surface area contributed by atoms with Crippen LogP contribution in [-0.4, -0.2) is 22.5 Å². The van der Waals surface area contributed by atoms with Crippen LogP contribution in [0.3, 0.4) is 0 Å². The molecule has 446 valence electrons. The number of hydrogen-bond acceptors (Lipinski definition) is 0. The van der Waals surface area contributed by atoms with Gasteiger partial charge >= 0.3 is 89.5 Å². The molecular weight excluding hydrogens is 2710 g/mol. The third-order valence-corrected chi connectivity index (χ3v) is 21.0. The summed E-state index contributed by atoms with van der Waals surface area (Å²) in [5, 5.41) is 12.0. The molecule has 0 atom stereocenters. The van der Waals surface area contributed by atoms with E-state index in [-0.39, 0.29) is 304 Å². The van der Waals surface area contributed by atoms with Crippen molar-refractivity contribution >= 4 is 142 Å². The van der Waals surface area contributed by atoms with Crippen molar-refractivity contribution in [1.82, 2.24) is 0 Å². The number of alkyl halides is 4. The minimum absolute atomic E-state index is 0. The average Bonchev–Trinajstić information content (AvgIpc) is 3.36. The summed E-state index contributed by atoms with van der Waals surface area (Å²) in [6.07, 6.45) is 0. The zero-order valence-electron chi connectivity index (χ0n) is 39.7. The Morgan fingerprint density at radius 1 is 0.192 bits per heavy atom. The fourth-order valence-corrected chi connectivity index (χ4v) is 19.3. The van der Waals surface area contributed by atoms with Crippen molar-refractivity contribution in [3.05, 3.63) is 243 Å². The van der Waals surface area contributed by atoms with Crippen LogP contribution >= 0.6 is 99.8 Å². The van der Waals surface area contributed by atoms with Crippen molar-refractivity contribution in [3.63, 3.8) is 0 Å². The topological polar surface area (TPSA) is 0 Å². The Kier molecular flexibility index (Phi) is 111. The Hall–Kier alpha value is 5.94. The van der Waals surface area contributed by atoms with Crippen LogP contribution in [0.5, 0.6) is 0 Å². The van der Waals surface area contributed by atoms with E-state index in [1.165, 1.54) is 54.2 Å². The monoisotopic (exact) mass is 2740 g/mol. The van der Waals surface area contributed by atoms with Gasteiger partial charge in [0.25, 0.3) is 0 Å². The molecule has 0 unspecified atom stereocenters. The number of halogens is 18. The molecule has 0 nitrogen and oxygen atoms in total. The zero-order chi connectivity index (χ0) is 44.0. The van der Waals surface area contributed by atoms with Crippen LogP contribution in [0.4, 0.5) is 0 Å². The molecule has 8 rings (SSSR count). The summed E-state index contributed by atoms with van der Waals surface area (Å²) in [7, 11) is 6.59. The molecule has 0 aliphatic rings. The first-order valence-corrected chi connectivity index (χ1v) is 28.9. The quantitative estimate of drug-likeness (QED) is 0.0650. The first-order valence-electron chi connectivity index (χ1n) is 19.6. The second-order valence-corrected chi connectivity index (χ2v) is 24.3. The van der Waals surface area contributed by atoms with Gasteiger partial charge in [0.05, 0.1) is 10.7 Å². The minimum Gasteiger partial charge on any atom is -1.00 e. The Morgan fingerprint density at radius 2 is 0.269 bits per heavy atom. The van der Waals surface area contributed by atoms with Crippen molar-refractivity contribution in [2.24, 2.45) is 0 Å². The van der Waals surface area contributed by atoms with Gasteiger partial charge in [0.1, 0.15) is 0 Å². The molecule has 0 radical (unpaired) electrons. The predicted molar refractivity (Wildman–Crippen MR) is 291 cm³/mol.